The third-order valence-electron chi connectivity index (χ3n) is 13.3. The van der Waals surface area contributed by atoms with Gasteiger partial charge in [-0.25, -0.2) is 0 Å². The van der Waals surface area contributed by atoms with E-state index >= 15 is 0 Å². The molecule has 2 heterocycles. The van der Waals surface area contributed by atoms with Crippen LogP contribution in [0.2, 0.25) is 0 Å². The normalized spacial score (nSPS) is 20.7. The van der Waals surface area contributed by atoms with Crippen LogP contribution in [0.15, 0.2) is 144 Å². The maximum atomic E-state index is 14.3. The van der Waals surface area contributed by atoms with Crippen molar-refractivity contribution in [1.29, 1.82) is 0 Å². The number of aromatic nitrogens is 1. The van der Waals surface area contributed by atoms with Gasteiger partial charge in [0, 0.05) is 32.4 Å². The molecule has 0 spiro atoms. The summed E-state index contributed by atoms with van der Waals surface area (Å²) in [6.45, 7) is 11.9. The molecule has 2 nitrogen and oxygen atoms in total. The van der Waals surface area contributed by atoms with Crippen molar-refractivity contribution in [2.24, 2.45) is 5.92 Å². The van der Waals surface area contributed by atoms with Crippen LogP contribution in [-0.2, 0) is 16.2 Å². The third-order valence-corrected chi connectivity index (χ3v) is 13.3. The summed E-state index contributed by atoms with van der Waals surface area (Å²) in [5, 5.41) is 5.11. The molecule has 2 heteroatoms. The van der Waals surface area contributed by atoms with Gasteiger partial charge in [0.1, 0.15) is 0 Å². The fraction of sp³-hybridized carbons (Fsp3) is 0.180. The molecule has 0 fully saturated rings. The second kappa shape index (κ2) is 9.78. The molecule has 2 unspecified atom stereocenters. The van der Waals surface area contributed by atoms with Gasteiger partial charge in [0.25, 0.3) is 5.56 Å². The average molecular weight is 670 g/mol. The molecule has 250 valence electrons. The van der Waals surface area contributed by atoms with E-state index in [1.807, 2.05) is 16.5 Å². The van der Waals surface area contributed by atoms with Crippen molar-refractivity contribution in [2.75, 3.05) is 0 Å². The Labute approximate surface area is 303 Å². The molecule has 8 aromatic rings. The Hall–Kier alpha value is -5.73. The van der Waals surface area contributed by atoms with Gasteiger partial charge in [0.2, 0.25) is 0 Å². The number of nitrogens with zero attached hydrogens (tertiary/aromatic N) is 1. The fourth-order valence-electron chi connectivity index (χ4n) is 10.7. The van der Waals surface area contributed by atoms with Crippen molar-refractivity contribution in [1.82, 2.24) is 4.40 Å². The second-order valence-corrected chi connectivity index (χ2v) is 16.8. The number of allylic oxidation sites excluding steroid dienone is 4. The van der Waals surface area contributed by atoms with E-state index in [0.29, 0.717) is 5.92 Å². The molecule has 0 amide bonds. The second-order valence-electron chi connectivity index (χ2n) is 16.8. The van der Waals surface area contributed by atoms with Gasteiger partial charge in [0.05, 0.1) is 11.0 Å². The first kappa shape index (κ1) is 29.9. The predicted molar refractivity (Wildman–Crippen MR) is 218 cm³/mol. The first-order chi connectivity index (χ1) is 25.1. The largest absolute Gasteiger partial charge is 0.275 e. The van der Waals surface area contributed by atoms with Crippen LogP contribution in [0.3, 0.4) is 0 Å². The lowest BCUT2D eigenvalue weighted by Crippen LogP contribution is -2.34. The minimum atomic E-state index is -0.0740. The first-order valence-corrected chi connectivity index (χ1v) is 18.6. The van der Waals surface area contributed by atoms with Crippen LogP contribution in [0.4, 0.5) is 0 Å². The van der Waals surface area contributed by atoms with E-state index in [1.165, 1.54) is 50.1 Å². The molecule has 2 aromatic heterocycles. The maximum absolute atomic E-state index is 14.3. The van der Waals surface area contributed by atoms with Crippen LogP contribution < -0.4 is 5.56 Å². The Morgan fingerprint density at radius 1 is 0.538 bits per heavy atom. The van der Waals surface area contributed by atoms with Crippen molar-refractivity contribution < 1.29 is 0 Å². The number of rotatable bonds is 2. The minimum Gasteiger partial charge on any atom is -0.275 e. The molecular weight excluding hydrogens is 631 g/mol. The molecule has 6 aromatic carbocycles. The Morgan fingerprint density at radius 3 is 1.96 bits per heavy atom. The highest BCUT2D eigenvalue weighted by Crippen LogP contribution is 2.58. The van der Waals surface area contributed by atoms with E-state index in [1.54, 1.807) is 0 Å². The standard InChI is InChI=1S/C50H39NO/c1-48(2)40-15-9-8-13-34(40)35-20-18-30(27-43(35)48)29-19-21-44-37(24-29)39-26-32(25-38-33-12-6-7-14-36(33)47(52)51(44)46(38)39)31-22-23-50(5)42-17-11-10-16-41(42)49(3,4)45(50)28-31/h6-28,45H,1-5H3. The Balaban J connectivity index is 1.15. The van der Waals surface area contributed by atoms with Crippen LogP contribution in [0, 0.1) is 5.92 Å². The topological polar surface area (TPSA) is 21.5 Å². The molecule has 0 N–H and O–H groups in total. The summed E-state index contributed by atoms with van der Waals surface area (Å²) in [5.41, 5.74) is 14.9. The van der Waals surface area contributed by atoms with Gasteiger partial charge >= 0.3 is 0 Å². The smallest absolute Gasteiger partial charge is 0.263 e. The number of hydrogen-bond acceptors (Lipinski definition) is 1. The molecule has 0 saturated carbocycles. The minimum absolute atomic E-state index is 0.00450. The van der Waals surface area contributed by atoms with Gasteiger partial charge in [-0.3, -0.25) is 9.20 Å². The van der Waals surface area contributed by atoms with E-state index < -0.39 is 0 Å². The predicted octanol–water partition coefficient (Wildman–Crippen LogP) is 12.0. The van der Waals surface area contributed by atoms with Gasteiger partial charge in [-0.2, -0.15) is 0 Å². The molecule has 52 heavy (non-hydrogen) atoms. The average Bonchev–Trinajstić information content (AvgIpc) is 3.68. The Kier molecular flexibility index (Phi) is 5.63. The summed E-state index contributed by atoms with van der Waals surface area (Å²) in [6.07, 6.45) is 7.32. The number of benzene rings is 6. The summed E-state index contributed by atoms with van der Waals surface area (Å²) in [5.74, 6) is 0.321. The van der Waals surface area contributed by atoms with E-state index in [0.717, 1.165) is 43.5 Å². The Morgan fingerprint density at radius 2 is 1.15 bits per heavy atom. The van der Waals surface area contributed by atoms with Crippen LogP contribution >= 0.6 is 0 Å². The quantitative estimate of drug-likeness (QED) is 0.168. The maximum Gasteiger partial charge on any atom is 0.263 e. The number of hydrogen-bond donors (Lipinski definition) is 0. The zero-order valence-corrected chi connectivity index (χ0v) is 30.2. The van der Waals surface area contributed by atoms with Crippen LogP contribution in [0.25, 0.3) is 65.8 Å². The van der Waals surface area contributed by atoms with Gasteiger partial charge in [-0.05, 0) is 109 Å². The van der Waals surface area contributed by atoms with Crippen molar-refractivity contribution in [3.63, 3.8) is 0 Å². The van der Waals surface area contributed by atoms with Crippen LogP contribution in [0.1, 0.15) is 62.4 Å². The lowest BCUT2D eigenvalue weighted by Gasteiger charge is -2.37. The molecular formula is C50H39NO. The van der Waals surface area contributed by atoms with E-state index in [2.05, 4.69) is 162 Å². The lowest BCUT2D eigenvalue weighted by atomic mass is 9.66. The van der Waals surface area contributed by atoms with E-state index in [-0.39, 0.29) is 21.8 Å². The first-order valence-electron chi connectivity index (χ1n) is 18.6. The van der Waals surface area contributed by atoms with Crippen LogP contribution in [-0.4, -0.2) is 4.40 Å². The SMILES string of the molecule is CC1(C)c2ccccc2-c2ccc(-c3ccc4c(c3)c3cc(C5=CC6C(C)(C)c7ccccc7C6(C)C=C5)cc5c6ccccc6c(=O)n4c53)cc21. The van der Waals surface area contributed by atoms with Gasteiger partial charge in [-0.1, -0.05) is 138 Å². The van der Waals surface area contributed by atoms with Crippen molar-refractivity contribution >= 4 is 43.5 Å². The molecule has 3 aliphatic carbocycles. The highest BCUT2D eigenvalue weighted by atomic mass is 16.1. The van der Waals surface area contributed by atoms with E-state index in [4.69, 9.17) is 0 Å². The summed E-state index contributed by atoms with van der Waals surface area (Å²) in [7, 11) is 0. The number of pyridine rings is 1. The summed E-state index contributed by atoms with van der Waals surface area (Å²) >= 11 is 0. The van der Waals surface area contributed by atoms with Gasteiger partial charge in [0.15, 0.2) is 0 Å². The molecule has 3 aliphatic rings. The summed E-state index contributed by atoms with van der Waals surface area (Å²) < 4.78 is 1.97. The van der Waals surface area contributed by atoms with E-state index in [9.17, 15) is 4.79 Å². The molecule has 0 radical (unpaired) electrons. The van der Waals surface area contributed by atoms with Crippen molar-refractivity contribution in [2.45, 2.75) is 50.9 Å². The molecule has 0 aliphatic heterocycles. The summed E-state index contributed by atoms with van der Waals surface area (Å²) in [4.78, 5) is 14.3. The van der Waals surface area contributed by atoms with Crippen LogP contribution in [0.5, 0.6) is 0 Å². The highest BCUT2D eigenvalue weighted by molar-refractivity contribution is 6.21. The monoisotopic (exact) mass is 669 g/mol. The van der Waals surface area contributed by atoms with Gasteiger partial charge < -0.3 is 0 Å². The zero-order valence-electron chi connectivity index (χ0n) is 30.2. The number of fused-ring (bicyclic) bond motifs is 11. The molecule has 2 atom stereocenters. The molecule has 0 saturated heterocycles. The third kappa shape index (κ3) is 3.62. The Bertz CT molecular complexity index is 3000. The van der Waals surface area contributed by atoms with Crippen molar-refractivity contribution in [3.8, 4) is 22.3 Å². The molecule has 0 bridgehead atoms. The van der Waals surface area contributed by atoms with Gasteiger partial charge in [-0.15, -0.1) is 0 Å². The zero-order chi connectivity index (χ0) is 35.3. The molecule has 11 rings (SSSR count). The van der Waals surface area contributed by atoms with Crippen molar-refractivity contribution in [3.05, 3.63) is 178 Å². The lowest BCUT2D eigenvalue weighted by molar-refractivity contribution is 0.325. The summed E-state index contributed by atoms with van der Waals surface area (Å²) in [6, 6.07) is 44.2. The fourth-order valence-corrected chi connectivity index (χ4v) is 10.7. The highest BCUT2D eigenvalue weighted by Gasteiger charge is 2.52.